The van der Waals surface area contributed by atoms with E-state index in [2.05, 4.69) is 64.9 Å². The molecule has 1 aromatic carbocycles. The van der Waals surface area contributed by atoms with Crippen molar-refractivity contribution >= 4 is 28.9 Å². The van der Waals surface area contributed by atoms with Crippen LogP contribution >= 0.6 is 12.2 Å². The molecular formula is C28H35N5OS. The zero-order valence-corrected chi connectivity index (χ0v) is 22.2. The number of hydrogen-bond donors (Lipinski definition) is 2. The van der Waals surface area contributed by atoms with Crippen LogP contribution in [-0.4, -0.2) is 32.0 Å². The Balaban J connectivity index is 1.62. The summed E-state index contributed by atoms with van der Waals surface area (Å²) in [5.41, 5.74) is 7.63. The lowest BCUT2D eigenvalue weighted by molar-refractivity contribution is -0.116. The van der Waals surface area contributed by atoms with E-state index in [0.29, 0.717) is 24.1 Å². The van der Waals surface area contributed by atoms with Gasteiger partial charge in [0.05, 0.1) is 17.8 Å². The number of benzene rings is 1. The highest BCUT2D eigenvalue weighted by molar-refractivity contribution is 7.80. The summed E-state index contributed by atoms with van der Waals surface area (Å²) in [4.78, 5) is 19.7. The van der Waals surface area contributed by atoms with Crippen molar-refractivity contribution < 1.29 is 4.79 Å². The van der Waals surface area contributed by atoms with E-state index < -0.39 is 0 Å². The third-order valence-corrected chi connectivity index (χ3v) is 7.16. The second kappa shape index (κ2) is 10.2. The molecule has 0 saturated carbocycles. The molecule has 0 spiro atoms. The second-order valence-electron chi connectivity index (χ2n) is 9.73. The van der Waals surface area contributed by atoms with Crippen LogP contribution in [-0.2, 0) is 4.79 Å². The van der Waals surface area contributed by atoms with E-state index in [4.69, 9.17) is 12.2 Å². The van der Waals surface area contributed by atoms with Gasteiger partial charge in [0.15, 0.2) is 5.11 Å². The minimum absolute atomic E-state index is 0.0193. The van der Waals surface area contributed by atoms with Gasteiger partial charge in [-0.25, -0.2) is 0 Å². The summed E-state index contributed by atoms with van der Waals surface area (Å²) < 4.78 is 2.36. The number of anilines is 1. The van der Waals surface area contributed by atoms with Crippen molar-refractivity contribution in [2.24, 2.45) is 0 Å². The molecule has 184 valence electrons. The van der Waals surface area contributed by atoms with E-state index in [0.717, 1.165) is 22.5 Å². The zero-order valence-electron chi connectivity index (χ0n) is 21.4. The first-order valence-corrected chi connectivity index (χ1v) is 12.6. The van der Waals surface area contributed by atoms with Crippen LogP contribution in [0.25, 0.3) is 0 Å². The topological polar surface area (TPSA) is 62.2 Å². The highest BCUT2D eigenvalue weighted by Crippen LogP contribution is 2.41. The molecule has 2 N–H and O–H groups in total. The second-order valence-corrected chi connectivity index (χ2v) is 10.1. The number of aryl methyl sites for hydroxylation is 3. The predicted octanol–water partition coefficient (Wildman–Crippen LogP) is 5.70. The number of nitrogens with zero attached hydrogens (tertiary/aromatic N) is 3. The Hall–Kier alpha value is -3.19. The monoisotopic (exact) mass is 489 g/mol. The van der Waals surface area contributed by atoms with Gasteiger partial charge in [0.2, 0.25) is 5.91 Å². The SMILES string of the molecule is Cc1ccc(C)c(NC(=O)CCN2C(=S)N[C@H](c3ccccn3)[C@H]2c2cc(C)n(C(C)C)c2C)c1. The molecule has 7 heteroatoms. The highest BCUT2D eigenvalue weighted by atomic mass is 32.1. The van der Waals surface area contributed by atoms with Crippen LogP contribution in [0, 0.1) is 27.7 Å². The van der Waals surface area contributed by atoms with Crippen molar-refractivity contribution in [1.82, 2.24) is 19.8 Å². The summed E-state index contributed by atoms with van der Waals surface area (Å²) in [6, 6.07) is 14.5. The quantitative estimate of drug-likeness (QED) is 0.417. The number of amides is 1. The Kier molecular flexibility index (Phi) is 7.26. The molecule has 1 aliphatic heterocycles. The number of rotatable bonds is 7. The largest absolute Gasteiger partial charge is 0.352 e. The third kappa shape index (κ3) is 5.10. The van der Waals surface area contributed by atoms with Crippen molar-refractivity contribution in [2.75, 3.05) is 11.9 Å². The summed E-state index contributed by atoms with van der Waals surface area (Å²) in [7, 11) is 0. The number of thiocarbonyl (C=S) groups is 1. The van der Waals surface area contributed by atoms with E-state index in [1.807, 2.05) is 50.4 Å². The number of nitrogens with one attached hydrogen (secondary N) is 2. The first kappa shape index (κ1) is 24.9. The van der Waals surface area contributed by atoms with Gasteiger partial charge in [-0.2, -0.15) is 0 Å². The molecule has 0 aliphatic carbocycles. The van der Waals surface area contributed by atoms with Crippen LogP contribution in [0.15, 0.2) is 48.7 Å². The Morgan fingerprint density at radius 3 is 2.57 bits per heavy atom. The van der Waals surface area contributed by atoms with Gasteiger partial charge < -0.3 is 20.1 Å². The molecule has 3 heterocycles. The van der Waals surface area contributed by atoms with Gasteiger partial charge in [0.1, 0.15) is 0 Å². The minimum Gasteiger partial charge on any atom is -0.352 e. The Morgan fingerprint density at radius 1 is 1.14 bits per heavy atom. The summed E-state index contributed by atoms with van der Waals surface area (Å²) >= 11 is 5.80. The highest BCUT2D eigenvalue weighted by Gasteiger charge is 2.41. The fraction of sp³-hybridized carbons (Fsp3) is 0.393. The van der Waals surface area contributed by atoms with Gasteiger partial charge in [-0.05, 0) is 94.7 Å². The van der Waals surface area contributed by atoms with Gasteiger partial charge in [-0.15, -0.1) is 0 Å². The van der Waals surface area contributed by atoms with Crippen molar-refractivity contribution in [3.63, 3.8) is 0 Å². The summed E-state index contributed by atoms with van der Waals surface area (Å²) in [5.74, 6) is -0.0193. The van der Waals surface area contributed by atoms with Crippen LogP contribution in [0.2, 0.25) is 0 Å². The van der Waals surface area contributed by atoms with E-state index >= 15 is 0 Å². The Morgan fingerprint density at radius 2 is 1.91 bits per heavy atom. The van der Waals surface area contributed by atoms with Crippen LogP contribution in [0.1, 0.15) is 72.2 Å². The molecule has 3 aromatic rings. The van der Waals surface area contributed by atoms with E-state index in [1.165, 1.54) is 17.0 Å². The normalized spacial score (nSPS) is 17.7. The molecule has 0 radical (unpaired) electrons. The summed E-state index contributed by atoms with van der Waals surface area (Å²) in [6.45, 7) is 13.3. The molecule has 4 rings (SSSR count). The van der Waals surface area contributed by atoms with Gasteiger partial charge in [-0.3, -0.25) is 9.78 Å². The fourth-order valence-electron chi connectivity index (χ4n) is 5.19. The van der Waals surface area contributed by atoms with E-state index in [1.54, 1.807) is 0 Å². The maximum atomic E-state index is 12.9. The lowest BCUT2D eigenvalue weighted by Gasteiger charge is -2.28. The van der Waals surface area contributed by atoms with Crippen LogP contribution in [0.4, 0.5) is 5.69 Å². The number of carbonyl (C=O) groups is 1. The molecule has 1 saturated heterocycles. The lowest BCUT2D eigenvalue weighted by Crippen LogP contribution is -2.33. The van der Waals surface area contributed by atoms with Gasteiger partial charge in [-0.1, -0.05) is 18.2 Å². The molecule has 1 fully saturated rings. The first-order valence-electron chi connectivity index (χ1n) is 12.2. The maximum Gasteiger partial charge on any atom is 0.226 e. The van der Waals surface area contributed by atoms with E-state index in [9.17, 15) is 4.79 Å². The Labute approximate surface area is 213 Å². The summed E-state index contributed by atoms with van der Waals surface area (Å²) in [5, 5.41) is 7.23. The minimum atomic E-state index is -0.0908. The average molecular weight is 490 g/mol. The molecule has 2 atom stereocenters. The Bertz CT molecular complexity index is 1230. The van der Waals surface area contributed by atoms with Gasteiger partial charge in [0, 0.05) is 42.3 Å². The first-order chi connectivity index (χ1) is 16.7. The smallest absolute Gasteiger partial charge is 0.226 e. The molecule has 1 aliphatic rings. The van der Waals surface area contributed by atoms with Crippen molar-refractivity contribution in [3.8, 4) is 0 Å². The van der Waals surface area contributed by atoms with Gasteiger partial charge >= 0.3 is 0 Å². The maximum absolute atomic E-state index is 12.9. The van der Waals surface area contributed by atoms with Crippen LogP contribution < -0.4 is 10.6 Å². The molecule has 1 amide bonds. The van der Waals surface area contributed by atoms with Crippen molar-refractivity contribution in [2.45, 2.75) is 66.1 Å². The zero-order chi connectivity index (χ0) is 25.3. The third-order valence-electron chi connectivity index (χ3n) is 6.80. The number of carbonyl (C=O) groups excluding carboxylic acids is 1. The number of aromatic nitrogens is 2. The fourth-order valence-corrected chi connectivity index (χ4v) is 5.52. The van der Waals surface area contributed by atoms with E-state index in [-0.39, 0.29) is 18.0 Å². The molecule has 0 unspecified atom stereocenters. The molecule has 6 nitrogen and oxygen atoms in total. The predicted molar refractivity (Wildman–Crippen MR) is 146 cm³/mol. The van der Waals surface area contributed by atoms with Gasteiger partial charge in [0.25, 0.3) is 0 Å². The lowest BCUT2D eigenvalue weighted by atomic mass is 9.96. The summed E-state index contributed by atoms with van der Waals surface area (Å²) in [6.07, 6.45) is 2.15. The standard InChI is InChI=1S/C28H35N5OS/c1-17(2)33-20(5)16-22(21(33)6)27-26(23-9-7-8-13-29-23)31-28(35)32(27)14-12-25(34)30-24-15-18(3)10-11-19(24)4/h7-11,13,15-17,26-27H,12,14H2,1-6H3,(H,30,34)(H,31,35)/t26-,27-/m1/s1. The molecule has 2 aromatic heterocycles. The van der Waals surface area contributed by atoms with Crippen molar-refractivity contribution in [3.05, 3.63) is 82.4 Å². The average Bonchev–Trinajstić information content (AvgIpc) is 3.30. The van der Waals surface area contributed by atoms with Crippen LogP contribution in [0.3, 0.4) is 0 Å². The number of hydrogen-bond acceptors (Lipinski definition) is 3. The van der Waals surface area contributed by atoms with Crippen LogP contribution in [0.5, 0.6) is 0 Å². The molecular weight excluding hydrogens is 454 g/mol. The van der Waals surface area contributed by atoms with Crippen molar-refractivity contribution in [1.29, 1.82) is 0 Å². The number of pyridine rings is 1. The molecule has 35 heavy (non-hydrogen) atoms. The molecule has 0 bridgehead atoms.